The molecule has 4 rings (SSSR count). The quantitative estimate of drug-likeness (QED) is 0.210. The number of carbonyl (C=O) groups excluding carboxylic acids is 1. The zero-order valence-corrected chi connectivity index (χ0v) is 19.7. The van der Waals surface area contributed by atoms with Crippen molar-refractivity contribution in [2.45, 2.75) is 38.7 Å². The average Bonchev–Trinajstić information content (AvgIpc) is 3.30. The third kappa shape index (κ3) is 4.55. The van der Waals surface area contributed by atoms with E-state index >= 15 is 0 Å². The molecular formula is C26H22F5N3O2. The predicted octanol–water partition coefficient (Wildman–Crippen LogP) is 6.63. The summed E-state index contributed by atoms with van der Waals surface area (Å²) in [5, 5.41) is 0.574. The molecule has 36 heavy (non-hydrogen) atoms. The van der Waals surface area contributed by atoms with Crippen molar-refractivity contribution in [3.05, 3.63) is 77.8 Å². The van der Waals surface area contributed by atoms with Crippen LogP contribution in [-0.2, 0) is 12.2 Å². The number of nitrogens with zero attached hydrogens (tertiary/aromatic N) is 3. The molecule has 188 valence electrons. The second-order valence-electron chi connectivity index (χ2n) is 8.39. The number of ketones is 1. The number of halogens is 5. The standard InChI is InChI=1S/C26H22F5N3O2/c1-4-25(28,26(29,30)31)24-13-34(14-32-24)12-16-5-7-19-20(11-22(15(2)35)33-23(19)9-16)18-8-6-17(36-3)10-21(18)27/h5-11,13-14H,4,12H2,1-3H3. The number of hydrogen-bond donors (Lipinski definition) is 0. The number of imidazole rings is 1. The fourth-order valence-electron chi connectivity index (χ4n) is 4.01. The Bertz CT molecular complexity index is 1450. The van der Waals surface area contributed by atoms with Crippen LogP contribution in [0.5, 0.6) is 5.75 Å². The van der Waals surface area contributed by atoms with Crippen LogP contribution in [0.3, 0.4) is 0 Å². The second-order valence-corrected chi connectivity index (χ2v) is 8.39. The van der Waals surface area contributed by atoms with Crippen LogP contribution in [0.4, 0.5) is 22.0 Å². The summed E-state index contributed by atoms with van der Waals surface area (Å²) in [5.41, 5.74) is -2.40. The predicted molar refractivity (Wildman–Crippen MR) is 124 cm³/mol. The van der Waals surface area contributed by atoms with Crippen LogP contribution in [0.1, 0.15) is 42.0 Å². The number of hydrogen-bond acceptors (Lipinski definition) is 4. The summed E-state index contributed by atoms with van der Waals surface area (Å²) in [4.78, 5) is 20.2. The summed E-state index contributed by atoms with van der Waals surface area (Å²) in [6.07, 6.45) is -3.73. The van der Waals surface area contributed by atoms with E-state index in [1.54, 1.807) is 30.3 Å². The zero-order chi connectivity index (χ0) is 26.3. The monoisotopic (exact) mass is 503 g/mol. The Labute approximate surface area is 203 Å². The second kappa shape index (κ2) is 9.33. The first kappa shape index (κ1) is 25.3. The minimum Gasteiger partial charge on any atom is -0.497 e. The number of carbonyl (C=O) groups is 1. The van der Waals surface area contributed by atoms with Gasteiger partial charge in [0.1, 0.15) is 23.0 Å². The normalized spacial score (nSPS) is 13.6. The molecule has 0 spiro atoms. The van der Waals surface area contributed by atoms with Gasteiger partial charge in [0.05, 0.1) is 19.0 Å². The van der Waals surface area contributed by atoms with Gasteiger partial charge >= 0.3 is 6.18 Å². The van der Waals surface area contributed by atoms with Crippen molar-refractivity contribution in [2.75, 3.05) is 7.11 Å². The number of aromatic nitrogens is 3. The molecule has 4 aromatic rings. The molecule has 10 heteroatoms. The fraction of sp³-hybridized carbons (Fsp3) is 0.269. The topological polar surface area (TPSA) is 57.0 Å². The van der Waals surface area contributed by atoms with Crippen LogP contribution in [0.15, 0.2) is 55.0 Å². The molecule has 2 aromatic carbocycles. The van der Waals surface area contributed by atoms with E-state index in [1.165, 1.54) is 30.7 Å². The van der Waals surface area contributed by atoms with Crippen molar-refractivity contribution in [2.24, 2.45) is 0 Å². The Kier molecular flexibility index (Phi) is 6.55. The molecule has 0 aliphatic carbocycles. The van der Waals surface area contributed by atoms with E-state index in [0.717, 1.165) is 19.4 Å². The van der Waals surface area contributed by atoms with E-state index in [-0.39, 0.29) is 23.6 Å². The van der Waals surface area contributed by atoms with Crippen molar-refractivity contribution in [3.63, 3.8) is 0 Å². The van der Waals surface area contributed by atoms with Crippen molar-refractivity contribution in [3.8, 4) is 16.9 Å². The molecule has 0 aliphatic rings. The molecule has 5 nitrogen and oxygen atoms in total. The molecule has 1 atom stereocenters. The van der Waals surface area contributed by atoms with Gasteiger partial charge in [0, 0.05) is 36.7 Å². The maximum absolute atomic E-state index is 14.9. The molecule has 0 aliphatic heterocycles. The highest BCUT2D eigenvalue weighted by Crippen LogP contribution is 2.44. The van der Waals surface area contributed by atoms with Crippen LogP contribution >= 0.6 is 0 Å². The summed E-state index contributed by atoms with van der Waals surface area (Å²) in [6.45, 7) is 2.53. The molecule has 1 unspecified atom stereocenters. The summed E-state index contributed by atoms with van der Waals surface area (Å²) >= 11 is 0. The van der Waals surface area contributed by atoms with E-state index in [9.17, 15) is 26.7 Å². The van der Waals surface area contributed by atoms with Gasteiger partial charge in [0.15, 0.2) is 5.78 Å². The maximum Gasteiger partial charge on any atom is 0.428 e. The van der Waals surface area contributed by atoms with Gasteiger partial charge in [0.25, 0.3) is 0 Å². The summed E-state index contributed by atoms with van der Waals surface area (Å²) < 4.78 is 75.7. The molecule has 0 bridgehead atoms. The largest absolute Gasteiger partial charge is 0.497 e. The van der Waals surface area contributed by atoms with E-state index in [2.05, 4.69) is 9.97 Å². The Morgan fingerprint density at radius 1 is 1.06 bits per heavy atom. The van der Waals surface area contributed by atoms with Crippen LogP contribution < -0.4 is 4.74 Å². The summed E-state index contributed by atoms with van der Waals surface area (Å²) in [5.74, 6) is -0.515. The van der Waals surface area contributed by atoms with Gasteiger partial charge in [0.2, 0.25) is 5.67 Å². The highest BCUT2D eigenvalue weighted by Gasteiger charge is 2.57. The van der Waals surface area contributed by atoms with Crippen molar-refractivity contribution in [1.29, 1.82) is 0 Å². The number of pyridine rings is 1. The number of rotatable bonds is 7. The van der Waals surface area contributed by atoms with Crippen LogP contribution in [0.2, 0.25) is 0 Å². The highest BCUT2D eigenvalue weighted by atomic mass is 19.4. The Morgan fingerprint density at radius 3 is 2.42 bits per heavy atom. The minimum atomic E-state index is -5.09. The van der Waals surface area contributed by atoms with Gasteiger partial charge in [-0.3, -0.25) is 4.79 Å². The van der Waals surface area contributed by atoms with Crippen molar-refractivity contribution < 1.29 is 31.5 Å². The smallest absolute Gasteiger partial charge is 0.428 e. The van der Waals surface area contributed by atoms with E-state index < -0.39 is 29.8 Å². The molecular weight excluding hydrogens is 481 g/mol. The lowest BCUT2D eigenvalue weighted by molar-refractivity contribution is -0.238. The van der Waals surface area contributed by atoms with Crippen LogP contribution in [-0.4, -0.2) is 33.6 Å². The lowest BCUT2D eigenvalue weighted by Crippen LogP contribution is -2.37. The van der Waals surface area contributed by atoms with Crippen LogP contribution in [0.25, 0.3) is 22.0 Å². The van der Waals surface area contributed by atoms with Crippen molar-refractivity contribution in [1.82, 2.24) is 14.5 Å². The number of ether oxygens (including phenoxy) is 1. The number of fused-ring (bicyclic) bond motifs is 1. The molecule has 0 N–H and O–H groups in total. The molecule has 0 saturated carbocycles. The zero-order valence-electron chi connectivity index (χ0n) is 19.7. The van der Waals surface area contributed by atoms with Gasteiger partial charge in [-0.25, -0.2) is 18.7 Å². The molecule has 2 aromatic heterocycles. The molecule has 0 amide bonds. The van der Waals surface area contributed by atoms with Gasteiger partial charge in [-0.2, -0.15) is 13.2 Å². The van der Waals surface area contributed by atoms with E-state index in [4.69, 9.17) is 4.74 Å². The third-order valence-corrected chi connectivity index (χ3v) is 6.04. The Hall–Kier alpha value is -3.82. The lowest BCUT2D eigenvalue weighted by Gasteiger charge is -2.24. The SMILES string of the molecule is CCC(F)(c1cn(Cc2ccc3c(-c4ccc(OC)cc4F)cc(C(C)=O)nc3c2)cn1)C(F)(F)F. The van der Waals surface area contributed by atoms with Gasteiger partial charge < -0.3 is 9.30 Å². The fourth-order valence-corrected chi connectivity index (χ4v) is 4.01. The average molecular weight is 503 g/mol. The number of Topliss-reactive ketones (excluding diaryl/α,β-unsaturated/α-hetero) is 1. The highest BCUT2D eigenvalue weighted by molar-refractivity contribution is 6.01. The lowest BCUT2D eigenvalue weighted by atomic mass is 9.97. The number of methoxy groups -OCH3 is 1. The van der Waals surface area contributed by atoms with Gasteiger partial charge in [-0.05, 0) is 41.8 Å². The maximum atomic E-state index is 14.9. The van der Waals surface area contributed by atoms with Gasteiger partial charge in [-0.15, -0.1) is 0 Å². The molecule has 0 radical (unpaired) electrons. The van der Waals surface area contributed by atoms with Gasteiger partial charge in [-0.1, -0.05) is 19.1 Å². The third-order valence-electron chi connectivity index (χ3n) is 6.04. The number of benzene rings is 2. The molecule has 2 heterocycles. The van der Waals surface area contributed by atoms with E-state index in [0.29, 0.717) is 27.8 Å². The minimum absolute atomic E-state index is 0.0821. The summed E-state index contributed by atoms with van der Waals surface area (Å²) in [6, 6.07) is 10.9. The Balaban J connectivity index is 1.75. The van der Waals surface area contributed by atoms with Crippen molar-refractivity contribution >= 4 is 16.7 Å². The summed E-state index contributed by atoms with van der Waals surface area (Å²) in [7, 11) is 1.42. The first-order valence-corrected chi connectivity index (χ1v) is 11.0. The molecule has 0 fully saturated rings. The Morgan fingerprint density at radius 2 is 1.81 bits per heavy atom. The molecule has 0 saturated heterocycles. The first-order chi connectivity index (χ1) is 17.0. The van der Waals surface area contributed by atoms with E-state index in [1.807, 2.05) is 0 Å². The number of alkyl halides is 4. The van der Waals surface area contributed by atoms with Crippen LogP contribution in [0, 0.1) is 5.82 Å². The first-order valence-electron chi connectivity index (χ1n) is 11.0.